The number of hydrogen-bond acceptors (Lipinski definition) is 6. The number of benzene rings is 2. The lowest BCUT2D eigenvalue weighted by atomic mass is 10.1. The van der Waals surface area contributed by atoms with Crippen molar-refractivity contribution in [2.24, 2.45) is 0 Å². The minimum atomic E-state index is -3.64. The van der Waals surface area contributed by atoms with E-state index in [2.05, 4.69) is 0 Å². The minimum absolute atomic E-state index is 0.0301. The molecule has 2 N–H and O–H groups in total. The largest absolute Gasteiger partial charge is 0.768 e. The van der Waals surface area contributed by atoms with Gasteiger partial charge in [0.1, 0.15) is 18.7 Å². The second kappa shape index (κ2) is 10.5. The van der Waals surface area contributed by atoms with Gasteiger partial charge in [-0.2, -0.15) is 8.95 Å². The Morgan fingerprint density at radius 3 is 2.06 bits per heavy atom. The molecule has 1 saturated heterocycles. The van der Waals surface area contributed by atoms with E-state index in [1.165, 1.54) is 4.31 Å². The fraction of sp³-hybridized carbons (Fsp3) is 0.455. The van der Waals surface area contributed by atoms with Gasteiger partial charge in [0, 0.05) is 24.4 Å². The molecule has 32 heavy (non-hydrogen) atoms. The van der Waals surface area contributed by atoms with Crippen molar-refractivity contribution in [1.82, 2.24) is 4.31 Å². The predicted molar refractivity (Wildman–Crippen MR) is 121 cm³/mol. The standard InChI is InChI=1S/C15H25N2O4S.C7H8O2S/c1-13-5-7-14(8-6-13)22(20,21)16-9-4-10-17(3,19)12-15(2,18)11-16;1-6-2-4-7(5-3-6)10(8)9/h5-8,18-19H,4,9-12H2,1-3H3;2-5H,1H3,(H,8,9)/q+1;/p-1. The van der Waals surface area contributed by atoms with E-state index in [4.69, 9.17) is 0 Å². The summed E-state index contributed by atoms with van der Waals surface area (Å²) < 4.78 is 47.2. The zero-order valence-electron chi connectivity index (χ0n) is 18.9. The summed E-state index contributed by atoms with van der Waals surface area (Å²) in [6.45, 7) is 6.11. The molecular weight excluding hydrogens is 452 g/mol. The lowest BCUT2D eigenvalue weighted by molar-refractivity contribution is -1.09. The second-order valence-electron chi connectivity index (χ2n) is 8.77. The molecule has 1 fully saturated rings. The second-order valence-corrected chi connectivity index (χ2v) is 11.6. The topological polar surface area (TPSA) is 118 Å². The Labute approximate surface area is 193 Å². The smallest absolute Gasteiger partial charge is 0.243 e. The van der Waals surface area contributed by atoms with Crippen molar-refractivity contribution < 1.29 is 32.1 Å². The fourth-order valence-corrected chi connectivity index (χ4v) is 5.58. The number of likely N-dealkylation sites (N-methyl/N-ethyl adjacent to an activating group) is 1. The highest BCUT2D eigenvalue weighted by Crippen LogP contribution is 2.23. The van der Waals surface area contributed by atoms with Crippen molar-refractivity contribution in [2.45, 2.75) is 42.6 Å². The van der Waals surface area contributed by atoms with E-state index in [0.29, 0.717) is 17.9 Å². The zero-order valence-corrected chi connectivity index (χ0v) is 20.5. The molecule has 2 aromatic rings. The molecule has 0 radical (unpaired) electrons. The Balaban J connectivity index is 0.000000303. The maximum Gasteiger partial charge on any atom is 0.243 e. The Bertz CT molecular complexity index is 1020. The zero-order chi connectivity index (χ0) is 24.2. The number of hydrogen-bond donors (Lipinski definition) is 2. The number of hydroxylamine groups is 3. The Morgan fingerprint density at radius 1 is 1.06 bits per heavy atom. The summed E-state index contributed by atoms with van der Waals surface area (Å²) in [5.41, 5.74) is 0.767. The highest BCUT2D eigenvalue weighted by Gasteiger charge is 2.40. The van der Waals surface area contributed by atoms with Crippen molar-refractivity contribution >= 4 is 21.1 Å². The number of aliphatic hydroxyl groups is 1. The molecule has 0 spiro atoms. The van der Waals surface area contributed by atoms with Gasteiger partial charge >= 0.3 is 0 Å². The van der Waals surface area contributed by atoms with Crippen molar-refractivity contribution in [2.75, 3.05) is 33.2 Å². The predicted octanol–water partition coefficient (Wildman–Crippen LogP) is 2.21. The molecule has 0 amide bonds. The van der Waals surface area contributed by atoms with E-state index in [1.807, 2.05) is 13.8 Å². The van der Waals surface area contributed by atoms with Crippen LogP contribution in [-0.4, -0.2) is 75.3 Å². The number of sulfonamides is 1. The maximum absolute atomic E-state index is 12.8. The van der Waals surface area contributed by atoms with Crippen LogP contribution in [0.4, 0.5) is 0 Å². The number of quaternary nitrogens is 1. The summed E-state index contributed by atoms with van der Waals surface area (Å²) in [7, 11) is -2.02. The van der Waals surface area contributed by atoms with E-state index in [-0.39, 0.29) is 29.2 Å². The van der Waals surface area contributed by atoms with Crippen molar-refractivity contribution in [3.05, 3.63) is 59.7 Å². The van der Waals surface area contributed by atoms with Crippen LogP contribution in [0.15, 0.2) is 58.3 Å². The number of rotatable bonds is 3. The third-order valence-corrected chi connectivity index (χ3v) is 7.63. The van der Waals surface area contributed by atoms with Crippen LogP contribution in [0, 0.1) is 13.8 Å². The lowest BCUT2D eigenvalue weighted by Crippen LogP contribution is -2.58. The summed E-state index contributed by atoms with van der Waals surface area (Å²) in [5, 5.41) is 20.6. The molecule has 0 aliphatic carbocycles. The molecule has 178 valence electrons. The normalized spacial score (nSPS) is 25.7. The summed E-state index contributed by atoms with van der Waals surface area (Å²) in [6, 6.07) is 13.4. The van der Waals surface area contributed by atoms with Crippen molar-refractivity contribution in [1.29, 1.82) is 0 Å². The van der Waals surface area contributed by atoms with Crippen LogP contribution >= 0.6 is 0 Å². The quantitative estimate of drug-likeness (QED) is 0.509. The monoisotopic (exact) mass is 484 g/mol. The van der Waals surface area contributed by atoms with Crippen LogP contribution in [0.2, 0.25) is 0 Å². The third kappa shape index (κ3) is 7.73. The molecule has 1 heterocycles. The van der Waals surface area contributed by atoms with Gasteiger partial charge in [-0.3, -0.25) is 4.21 Å². The molecule has 3 rings (SSSR count). The third-order valence-electron chi connectivity index (χ3n) is 5.12. The SMILES string of the molecule is Cc1ccc(S(=O)(=O)N2CCC[N+](C)(O)CC(C)(O)C2)cc1.Cc1ccc(S(=O)[O-])cc1. The van der Waals surface area contributed by atoms with E-state index in [1.54, 1.807) is 62.5 Å². The average molecular weight is 485 g/mol. The Kier molecular flexibility index (Phi) is 8.74. The summed E-state index contributed by atoms with van der Waals surface area (Å²) >= 11 is -2.09. The van der Waals surface area contributed by atoms with Crippen LogP contribution in [0.1, 0.15) is 24.5 Å². The van der Waals surface area contributed by atoms with Gasteiger partial charge in [0.15, 0.2) is 0 Å². The van der Waals surface area contributed by atoms with E-state index in [0.717, 1.165) is 11.1 Å². The molecule has 8 nitrogen and oxygen atoms in total. The van der Waals surface area contributed by atoms with Gasteiger partial charge in [-0.15, -0.1) is 0 Å². The van der Waals surface area contributed by atoms with Crippen LogP contribution in [0.25, 0.3) is 0 Å². The van der Waals surface area contributed by atoms with Gasteiger partial charge in [-0.25, -0.2) is 13.6 Å². The molecule has 0 aromatic heterocycles. The van der Waals surface area contributed by atoms with Gasteiger partial charge in [-0.1, -0.05) is 35.4 Å². The molecule has 1 aliphatic heterocycles. The molecule has 1 aliphatic rings. The molecule has 2 aromatic carbocycles. The van der Waals surface area contributed by atoms with Crippen molar-refractivity contribution in [3.63, 3.8) is 0 Å². The van der Waals surface area contributed by atoms with E-state index >= 15 is 0 Å². The van der Waals surface area contributed by atoms with Gasteiger partial charge in [0.25, 0.3) is 0 Å². The van der Waals surface area contributed by atoms with Crippen LogP contribution < -0.4 is 0 Å². The molecular formula is C22H32N2O6S2. The fourth-order valence-electron chi connectivity index (χ4n) is 3.62. The number of β-amino-alcohol motifs (C(OH)–C–C–N with tert-alkyl or cyclic N) is 1. The molecule has 3 unspecified atom stereocenters. The first kappa shape index (κ1) is 26.6. The summed E-state index contributed by atoms with van der Waals surface area (Å²) in [4.78, 5) is 0.571. The number of aryl methyl sites for hydroxylation is 2. The summed E-state index contributed by atoms with van der Waals surface area (Å²) in [6.07, 6.45) is 0.536. The Hall–Kier alpha value is -1.66. The first-order chi connectivity index (χ1) is 14.7. The number of nitrogens with zero attached hydrogens (tertiary/aromatic N) is 2. The molecule has 10 heteroatoms. The van der Waals surface area contributed by atoms with Crippen molar-refractivity contribution in [3.8, 4) is 0 Å². The van der Waals surface area contributed by atoms with Gasteiger partial charge in [-0.05, 0) is 56.1 Å². The highest BCUT2D eigenvalue weighted by molar-refractivity contribution is 7.89. The summed E-state index contributed by atoms with van der Waals surface area (Å²) in [5.74, 6) is 0. The first-order valence-electron chi connectivity index (χ1n) is 10.2. The highest BCUT2D eigenvalue weighted by atomic mass is 32.2. The van der Waals surface area contributed by atoms with Gasteiger partial charge in [0.2, 0.25) is 10.0 Å². The van der Waals surface area contributed by atoms with E-state index < -0.39 is 26.7 Å². The Morgan fingerprint density at radius 2 is 1.56 bits per heavy atom. The molecule has 0 saturated carbocycles. The first-order valence-corrected chi connectivity index (χ1v) is 12.8. The van der Waals surface area contributed by atoms with Gasteiger partial charge in [0.05, 0.1) is 11.9 Å². The average Bonchev–Trinajstić information content (AvgIpc) is 2.66. The van der Waals surface area contributed by atoms with Gasteiger partial charge < -0.3 is 9.66 Å². The van der Waals surface area contributed by atoms with Crippen LogP contribution in [0.3, 0.4) is 0 Å². The van der Waals surface area contributed by atoms with E-state index in [9.17, 15) is 27.5 Å². The molecule has 0 bridgehead atoms. The molecule has 3 atom stereocenters. The maximum atomic E-state index is 12.8. The minimum Gasteiger partial charge on any atom is -0.768 e. The lowest BCUT2D eigenvalue weighted by Gasteiger charge is -2.38. The van der Waals surface area contributed by atoms with Crippen LogP contribution in [0.5, 0.6) is 0 Å². The van der Waals surface area contributed by atoms with Crippen LogP contribution in [-0.2, 0) is 21.1 Å².